The Labute approximate surface area is 156 Å². The molecule has 1 aromatic rings. The van der Waals surface area contributed by atoms with Gasteiger partial charge in [0, 0.05) is 13.1 Å². The lowest BCUT2D eigenvalue weighted by atomic mass is 9.86. The first kappa shape index (κ1) is 19.6. The van der Waals surface area contributed by atoms with E-state index < -0.39 is 10.0 Å². The molecule has 2 heterocycles. The lowest BCUT2D eigenvalue weighted by molar-refractivity contribution is 0.212. The molecule has 7 heteroatoms. The van der Waals surface area contributed by atoms with Crippen molar-refractivity contribution in [1.82, 2.24) is 9.21 Å². The molecule has 0 aromatic heterocycles. The zero-order valence-electron chi connectivity index (χ0n) is 15.6. The van der Waals surface area contributed by atoms with Gasteiger partial charge in [0.25, 0.3) is 0 Å². The Balaban J connectivity index is 1.46. The van der Waals surface area contributed by atoms with E-state index in [0.717, 1.165) is 56.4 Å². The van der Waals surface area contributed by atoms with Gasteiger partial charge in [0.05, 0.1) is 11.4 Å². The molecule has 0 atom stereocenters. The monoisotopic (exact) mass is 383 g/mol. The molecule has 146 valence electrons. The Kier molecular flexibility index (Phi) is 6.20. The molecule has 0 spiro atoms. The molecule has 0 amide bonds. The highest BCUT2D eigenvalue weighted by atomic mass is 32.2. The number of nitrogens with zero attached hydrogens (tertiary/aromatic N) is 2. The molecule has 2 aliphatic heterocycles. The molecule has 2 N–H and O–H groups in total. The lowest BCUT2D eigenvalue weighted by Crippen LogP contribution is -2.36. The van der Waals surface area contributed by atoms with Crippen molar-refractivity contribution >= 4 is 15.7 Å². The summed E-state index contributed by atoms with van der Waals surface area (Å²) in [5.41, 5.74) is 7.97. The first-order valence-electron chi connectivity index (χ1n) is 9.62. The molecule has 0 aliphatic carbocycles. The van der Waals surface area contributed by atoms with Gasteiger partial charge < -0.3 is 10.6 Å². The number of hydrogen-bond donors (Lipinski definition) is 1. The Morgan fingerprint density at radius 3 is 2.46 bits per heavy atom. The number of piperidine rings is 1. The number of benzene rings is 1. The summed E-state index contributed by atoms with van der Waals surface area (Å²) >= 11 is 0. The fourth-order valence-electron chi connectivity index (χ4n) is 4.19. The molecule has 1 aromatic carbocycles. The second kappa shape index (κ2) is 8.23. The molecule has 26 heavy (non-hydrogen) atoms. The Morgan fingerprint density at radius 2 is 1.81 bits per heavy atom. The van der Waals surface area contributed by atoms with Gasteiger partial charge in [-0.3, -0.25) is 0 Å². The van der Waals surface area contributed by atoms with Crippen molar-refractivity contribution in [2.24, 2.45) is 0 Å². The van der Waals surface area contributed by atoms with Gasteiger partial charge in [-0.1, -0.05) is 0 Å². The van der Waals surface area contributed by atoms with Crippen LogP contribution in [0.1, 0.15) is 49.1 Å². The molecule has 3 rings (SSSR count). The van der Waals surface area contributed by atoms with Crippen molar-refractivity contribution in [2.75, 3.05) is 44.2 Å². The number of nitrogens with two attached hydrogens (primary N) is 1. The number of sulfonamides is 1. The van der Waals surface area contributed by atoms with E-state index in [4.69, 9.17) is 5.73 Å². The largest absolute Gasteiger partial charge is 0.396 e. The number of anilines is 1. The van der Waals surface area contributed by atoms with Gasteiger partial charge in [0.15, 0.2) is 0 Å². The SMILES string of the molecule is Cc1cc(N)c(F)cc1C1CCN(CCCS(=O)(=O)N2CCCC2)CC1. The van der Waals surface area contributed by atoms with Gasteiger partial charge in [-0.15, -0.1) is 0 Å². The average Bonchev–Trinajstić information content (AvgIpc) is 3.14. The summed E-state index contributed by atoms with van der Waals surface area (Å²) in [7, 11) is -3.08. The van der Waals surface area contributed by atoms with Crippen LogP contribution in [0, 0.1) is 12.7 Å². The normalized spacial score (nSPS) is 20.7. The maximum atomic E-state index is 13.8. The minimum Gasteiger partial charge on any atom is -0.396 e. The summed E-state index contributed by atoms with van der Waals surface area (Å²) < 4.78 is 40.0. The number of nitrogen functional groups attached to an aromatic ring is 1. The molecule has 2 aliphatic rings. The van der Waals surface area contributed by atoms with Crippen LogP contribution in [0.4, 0.5) is 10.1 Å². The van der Waals surface area contributed by atoms with Crippen LogP contribution in [0.25, 0.3) is 0 Å². The fraction of sp³-hybridized carbons (Fsp3) is 0.684. The average molecular weight is 384 g/mol. The third-order valence-electron chi connectivity index (χ3n) is 5.75. The van der Waals surface area contributed by atoms with Crippen molar-refractivity contribution in [1.29, 1.82) is 0 Å². The molecule has 0 radical (unpaired) electrons. The van der Waals surface area contributed by atoms with E-state index in [9.17, 15) is 12.8 Å². The van der Waals surface area contributed by atoms with Crippen LogP contribution in [0.3, 0.4) is 0 Å². The van der Waals surface area contributed by atoms with Gasteiger partial charge in [-0.2, -0.15) is 0 Å². The number of hydrogen-bond acceptors (Lipinski definition) is 4. The predicted octanol–water partition coefficient (Wildman–Crippen LogP) is 2.71. The minimum absolute atomic E-state index is 0.211. The predicted molar refractivity (Wildman–Crippen MR) is 103 cm³/mol. The highest BCUT2D eigenvalue weighted by molar-refractivity contribution is 7.89. The number of halogens is 1. The van der Waals surface area contributed by atoms with Crippen molar-refractivity contribution in [3.05, 3.63) is 29.1 Å². The molecule has 0 bridgehead atoms. The first-order valence-corrected chi connectivity index (χ1v) is 11.2. The van der Waals surface area contributed by atoms with Crippen molar-refractivity contribution < 1.29 is 12.8 Å². The van der Waals surface area contributed by atoms with Crippen LogP contribution in [0.2, 0.25) is 0 Å². The highest BCUT2D eigenvalue weighted by Gasteiger charge is 2.26. The summed E-state index contributed by atoms with van der Waals surface area (Å²) in [4.78, 5) is 2.33. The second-order valence-electron chi connectivity index (χ2n) is 7.62. The zero-order valence-corrected chi connectivity index (χ0v) is 16.4. The quantitative estimate of drug-likeness (QED) is 0.767. The van der Waals surface area contributed by atoms with Crippen molar-refractivity contribution in [3.8, 4) is 0 Å². The maximum Gasteiger partial charge on any atom is 0.214 e. The Bertz CT molecular complexity index is 725. The van der Waals surface area contributed by atoms with E-state index in [2.05, 4.69) is 4.90 Å². The van der Waals surface area contributed by atoms with E-state index in [1.54, 1.807) is 16.4 Å². The Morgan fingerprint density at radius 1 is 1.15 bits per heavy atom. The summed E-state index contributed by atoms with van der Waals surface area (Å²) in [6.07, 6.45) is 4.60. The smallest absolute Gasteiger partial charge is 0.214 e. The lowest BCUT2D eigenvalue weighted by Gasteiger charge is -2.33. The van der Waals surface area contributed by atoms with Gasteiger partial charge >= 0.3 is 0 Å². The molecule has 0 unspecified atom stereocenters. The highest BCUT2D eigenvalue weighted by Crippen LogP contribution is 2.32. The van der Waals surface area contributed by atoms with E-state index in [1.165, 1.54) is 0 Å². The minimum atomic E-state index is -3.08. The molecule has 5 nitrogen and oxygen atoms in total. The first-order chi connectivity index (χ1) is 12.4. The summed E-state index contributed by atoms with van der Waals surface area (Å²) in [6.45, 7) is 6.03. The van der Waals surface area contributed by atoms with Crippen LogP contribution >= 0.6 is 0 Å². The zero-order chi connectivity index (χ0) is 18.7. The maximum absolute atomic E-state index is 13.8. The third-order valence-corrected chi connectivity index (χ3v) is 7.70. The molecular formula is C19H30FN3O2S. The van der Waals surface area contributed by atoms with Crippen LogP contribution < -0.4 is 5.73 Å². The summed E-state index contributed by atoms with van der Waals surface area (Å²) in [6, 6.07) is 3.31. The topological polar surface area (TPSA) is 66.6 Å². The summed E-state index contributed by atoms with van der Waals surface area (Å²) in [5.74, 6) is 0.268. The van der Waals surface area contributed by atoms with Crippen LogP contribution in [-0.4, -0.2) is 56.1 Å². The van der Waals surface area contributed by atoms with Gasteiger partial charge in [0.2, 0.25) is 10.0 Å². The number of rotatable bonds is 6. The second-order valence-corrected chi connectivity index (χ2v) is 9.71. The molecule has 2 fully saturated rings. The van der Waals surface area contributed by atoms with Gasteiger partial charge in [-0.05, 0) is 87.8 Å². The van der Waals surface area contributed by atoms with Gasteiger partial charge in [0.1, 0.15) is 5.82 Å². The number of aryl methyl sites for hydroxylation is 1. The van der Waals surface area contributed by atoms with Crippen molar-refractivity contribution in [3.63, 3.8) is 0 Å². The van der Waals surface area contributed by atoms with E-state index in [0.29, 0.717) is 25.4 Å². The van der Waals surface area contributed by atoms with Crippen LogP contribution in [-0.2, 0) is 10.0 Å². The van der Waals surface area contributed by atoms with E-state index in [-0.39, 0.29) is 17.3 Å². The fourth-order valence-corrected chi connectivity index (χ4v) is 5.76. The van der Waals surface area contributed by atoms with E-state index in [1.807, 2.05) is 6.92 Å². The van der Waals surface area contributed by atoms with Crippen LogP contribution in [0.15, 0.2) is 12.1 Å². The molecule has 2 saturated heterocycles. The third kappa shape index (κ3) is 4.56. The summed E-state index contributed by atoms with van der Waals surface area (Å²) in [5, 5.41) is 0. The van der Waals surface area contributed by atoms with E-state index >= 15 is 0 Å². The standard InChI is InChI=1S/C19H30FN3O2S/c1-15-13-19(21)18(20)14-17(15)16-5-10-22(11-6-16)7-4-12-26(24,25)23-8-2-3-9-23/h13-14,16H,2-12,21H2,1H3. The van der Waals surface area contributed by atoms with Crippen LogP contribution in [0.5, 0.6) is 0 Å². The molecule has 0 saturated carbocycles. The molecular weight excluding hydrogens is 353 g/mol. The Hall–Kier alpha value is -1.18. The number of likely N-dealkylation sites (tertiary alicyclic amines) is 1. The van der Waals surface area contributed by atoms with Crippen molar-refractivity contribution in [2.45, 2.75) is 44.9 Å². The van der Waals surface area contributed by atoms with Gasteiger partial charge in [-0.25, -0.2) is 17.1 Å².